The molecule has 1 atom stereocenters. The van der Waals surface area contributed by atoms with Crippen LogP contribution in [0, 0.1) is 25.2 Å². The number of hydrogen-bond acceptors (Lipinski definition) is 7. The first-order chi connectivity index (χ1) is 15.5. The molecule has 0 saturated carbocycles. The maximum absolute atomic E-state index is 9.72. The van der Waals surface area contributed by atoms with Crippen LogP contribution >= 0.6 is 0 Å². The van der Waals surface area contributed by atoms with Gasteiger partial charge in [0, 0.05) is 11.3 Å². The predicted octanol–water partition coefficient (Wildman–Crippen LogP) is 3.71. The fraction of sp³-hybridized carbons (Fsp3) is 0.250. The lowest BCUT2D eigenvalue weighted by Crippen LogP contribution is -2.21. The van der Waals surface area contributed by atoms with Crippen LogP contribution in [0.3, 0.4) is 0 Å². The van der Waals surface area contributed by atoms with Gasteiger partial charge < -0.3 is 24.7 Å². The van der Waals surface area contributed by atoms with E-state index >= 15 is 0 Å². The number of nitrogens with zero attached hydrogens (tertiary/aromatic N) is 2. The summed E-state index contributed by atoms with van der Waals surface area (Å²) in [7, 11) is 1.57. The van der Waals surface area contributed by atoms with Crippen molar-refractivity contribution in [2.75, 3.05) is 20.3 Å². The lowest BCUT2D eigenvalue weighted by molar-refractivity contribution is 0.210. The molecule has 2 aromatic carbocycles. The van der Waals surface area contributed by atoms with E-state index in [4.69, 9.17) is 24.7 Å². The summed E-state index contributed by atoms with van der Waals surface area (Å²) in [6, 6.07) is 15.5. The van der Waals surface area contributed by atoms with Gasteiger partial charge in [-0.3, -0.25) is 5.10 Å². The van der Waals surface area contributed by atoms with Crippen LogP contribution in [0.25, 0.3) is 0 Å². The average Bonchev–Trinajstić information content (AvgIpc) is 3.16. The third kappa shape index (κ3) is 3.93. The van der Waals surface area contributed by atoms with Gasteiger partial charge in [-0.2, -0.15) is 5.26 Å². The van der Waals surface area contributed by atoms with E-state index in [1.807, 2.05) is 56.3 Å². The van der Waals surface area contributed by atoms with Crippen molar-refractivity contribution in [3.05, 3.63) is 76.3 Å². The fourth-order valence-corrected chi connectivity index (χ4v) is 3.74. The first kappa shape index (κ1) is 21.1. The van der Waals surface area contributed by atoms with Crippen LogP contribution in [0.15, 0.2) is 53.9 Å². The van der Waals surface area contributed by atoms with Crippen LogP contribution in [-0.4, -0.2) is 30.5 Å². The van der Waals surface area contributed by atoms with E-state index in [1.165, 1.54) is 0 Å². The van der Waals surface area contributed by atoms with Crippen LogP contribution in [0.2, 0.25) is 0 Å². The number of methoxy groups -OCH3 is 1. The molecular formula is C24H24N4O4. The molecule has 8 heteroatoms. The molecule has 32 heavy (non-hydrogen) atoms. The van der Waals surface area contributed by atoms with Gasteiger partial charge in [0.15, 0.2) is 11.5 Å². The Morgan fingerprint density at radius 3 is 2.56 bits per heavy atom. The number of aryl methyl sites for hydroxylation is 2. The maximum atomic E-state index is 9.72. The van der Waals surface area contributed by atoms with Crippen molar-refractivity contribution >= 4 is 0 Å². The molecule has 0 aliphatic carbocycles. The SMILES string of the molecule is COc1cc(C2C(C#N)=C(N)Oc3n[nH]c(C)c32)ccc1OCCOc1ccccc1C. The molecule has 3 N–H and O–H groups in total. The summed E-state index contributed by atoms with van der Waals surface area (Å²) in [5, 5.41) is 16.8. The first-order valence-corrected chi connectivity index (χ1v) is 10.1. The number of ether oxygens (including phenoxy) is 4. The standard InChI is InChI=1S/C24H24N4O4/c1-14-6-4-5-7-18(14)30-10-11-31-19-9-8-16(12-20(19)29-3)22-17(13-25)23(26)32-24-21(22)15(2)27-28-24/h4-9,12,22H,10-11,26H2,1-3H3,(H,27,28). The number of nitriles is 1. The van der Waals surface area contributed by atoms with Crippen molar-refractivity contribution in [1.82, 2.24) is 10.2 Å². The van der Waals surface area contributed by atoms with Crippen molar-refractivity contribution in [1.29, 1.82) is 5.26 Å². The number of para-hydroxylation sites is 1. The van der Waals surface area contributed by atoms with Crippen molar-refractivity contribution in [2.45, 2.75) is 19.8 Å². The molecule has 1 aromatic heterocycles. The number of H-pyrrole nitrogens is 1. The predicted molar refractivity (Wildman–Crippen MR) is 118 cm³/mol. The van der Waals surface area contributed by atoms with E-state index in [0.29, 0.717) is 36.2 Å². The molecule has 0 spiro atoms. The third-order valence-corrected chi connectivity index (χ3v) is 5.34. The van der Waals surface area contributed by atoms with Gasteiger partial charge in [0.25, 0.3) is 0 Å². The van der Waals surface area contributed by atoms with E-state index in [-0.39, 0.29) is 5.88 Å². The molecule has 3 aromatic rings. The zero-order valence-electron chi connectivity index (χ0n) is 18.1. The number of fused-ring (bicyclic) bond motifs is 1. The summed E-state index contributed by atoms with van der Waals surface area (Å²) in [5.41, 5.74) is 9.78. The zero-order chi connectivity index (χ0) is 22.7. The van der Waals surface area contributed by atoms with Gasteiger partial charge in [-0.15, -0.1) is 5.10 Å². The number of benzene rings is 2. The van der Waals surface area contributed by atoms with Crippen molar-refractivity contribution < 1.29 is 18.9 Å². The van der Waals surface area contributed by atoms with Crippen LogP contribution in [-0.2, 0) is 0 Å². The first-order valence-electron chi connectivity index (χ1n) is 10.1. The molecule has 1 unspecified atom stereocenters. The molecular weight excluding hydrogens is 408 g/mol. The second-order valence-corrected chi connectivity index (χ2v) is 7.36. The minimum atomic E-state index is -0.421. The van der Waals surface area contributed by atoms with E-state index in [9.17, 15) is 5.26 Å². The summed E-state index contributed by atoms with van der Waals surface area (Å²) in [4.78, 5) is 0. The summed E-state index contributed by atoms with van der Waals surface area (Å²) in [6.45, 7) is 4.62. The maximum Gasteiger partial charge on any atom is 0.244 e. The van der Waals surface area contributed by atoms with Crippen LogP contribution < -0.4 is 24.7 Å². The quantitative estimate of drug-likeness (QED) is 0.547. The second-order valence-electron chi connectivity index (χ2n) is 7.36. The largest absolute Gasteiger partial charge is 0.493 e. The second kappa shape index (κ2) is 8.94. The zero-order valence-corrected chi connectivity index (χ0v) is 18.1. The van der Waals surface area contributed by atoms with Gasteiger partial charge in [-0.25, -0.2) is 0 Å². The van der Waals surface area contributed by atoms with E-state index in [2.05, 4.69) is 16.3 Å². The highest BCUT2D eigenvalue weighted by Crippen LogP contribution is 2.44. The van der Waals surface area contributed by atoms with Crippen LogP contribution in [0.4, 0.5) is 0 Å². The third-order valence-electron chi connectivity index (χ3n) is 5.34. The van der Waals surface area contributed by atoms with Crippen molar-refractivity contribution in [3.63, 3.8) is 0 Å². The number of nitrogens with two attached hydrogens (primary N) is 1. The normalized spacial score (nSPS) is 14.9. The molecule has 2 heterocycles. The van der Waals surface area contributed by atoms with E-state index in [0.717, 1.165) is 28.1 Å². The smallest absolute Gasteiger partial charge is 0.244 e. The Bertz CT molecular complexity index is 1210. The molecule has 1 aliphatic heterocycles. The highest BCUT2D eigenvalue weighted by atomic mass is 16.5. The molecule has 0 amide bonds. The van der Waals surface area contributed by atoms with Gasteiger partial charge in [0.1, 0.15) is 30.6 Å². The minimum absolute atomic E-state index is 0.0455. The topological polar surface area (TPSA) is 115 Å². The number of nitrogens with one attached hydrogen (secondary N) is 1. The molecule has 0 bridgehead atoms. The molecule has 0 fully saturated rings. The Kier molecular flexibility index (Phi) is 5.90. The number of aromatic amines is 1. The van der Waals surface area contributed by atoms with Crippen molar-refractivity contribution in [2.24, 2.45) is 5.73 Å². The van der Waals surface area contributed by atoms with Crippen LogP contribution in [0.5, 0.6) is 23.1 Å². The van der Waals surface area contributed by atoms with Gasteiger partial charge in [-0.1, -0.05) is 24.3 Å². The summed E-state index contributed by atoms with van der Waals surface area (Å²) in [6.07, 6.45) is 0. The Morgan fingerprint density at radius 1 is 1.09 bits per heavy atom. The van der Waals surface area contributed by atoms with Gasteiger partial charge in [0.2, 0.25) is 11.8 Å². The van der Waals surface area contributed by atoms with E-state index < -0.39 is 5.92 Å². The summed E-state index contributed by atoms with van der Waals surface area (Å²) >= 11 is 0. The molecule has 0 radical (unpaired) electrons. The Balaban J connectivity index is 1.54. The fourth-order valence-electron chi connectivity index (χ4n) is 3.74. The highest BCUT2D eigenvalue weighted by Gasteiger charge is 2.34. The summed E-state index contributed by atoms with van der Waals surface area (Å²) < 4.78 is 22.8. The Hall–Kier alpha value is -4.12. The van der Waals surface area contributed by atoms with Crippen molar-refractivity contribution in [3.8, 4) is 29.2 Å². The molecule has 0 saturated heterocycles. The Morgan fingerprint density at radius 2 is 1.84 bits per heavy atom. The molecule has 4 rings (SSSR count). The Labute approximate surface area is 186 Å². The highest BCUT2D eigenvalue weighted by molar-refractivity contribution is 5.57. The summed E-state index contributed by atoms with van der Waals surface area (Å²) in [5.74, 6) is 1.95. The lowest BCUT2D eigenvalue weighted by Gasteiger charge is -2.24. The van der Waals surface area contributed by atoms with E-state index in [1.54, 1.807) is 7.11 Å². The lowest BCUT2D eigenvalue weighted by atomic mass is 9.84. The van der Waals surface area contributed by atoms with Gasteiger partial charge >= 0.3 is 0 Å². The molecule has 8 nitrogen and oxygen atoms in total. The number of hydrogen-bond donors (Lipinski definition) is 2. The van der Waals surface area contributed by atoms with Gasteiger partial charge in [-0.05, 0) is 43.2 Å². The number of allylic oxidation sites excluding steroid dienone is 1. The minimum Gasteiger partial charge on any atom is -0.493 e. The van der Waals surface area contributed by atoms with Gasteiger partial charge in [0.05, 0.1) is 13.0 Å². The molecule has 1 aliphatic rings. The molecule has 164 valence electrons. The monoisotopic (exact) mass is 432 g/mol. The number of aromatic nitrogens is 2. The number of rotatable bonds is 7. The average molecular weight is 432 g/mol. The van der Waals surface area contributed by atoms with Crippen LogP contribution in [0.1, 0.15) is 28.3 Å².